The lowest BCUT2D eigenvalue weighted by molar-refractivity contribution is -0.112. The van der Waals surface area contributed by atoms with E-state index >= 15 is 0 Å². The normalized spacial score (nSPS) is 15.1. The number of fused-ring (bicyclic) bond motifs is 1. The van der Waals surface area contributed by atoms with E-state index in [1.165, 1.54) is 17.7 Å². The van der Waals surface area contributed by atoms with Gasteiger partial charge in [0.25, 0.3) is 0 Å². The lowest BCUT2D eigenvalue weighted by Gasteiger charge is -2.30. The zero-order valence-electron chi connectivity index (χ0n) is 15.6. The van der Waals surface area contributed by atoms with E-state index in [1.807, 2.05) is 36.1 Å². The molecular weight excluding hydrogens is 357 g/mol. The van der Waals surface area contributed by atoms with Gasteiger partial charge in [-0.3, -0.25) is 4.90 Å². The van der Waals surface area contributed by atoms with E-state index in [0.717, 1.165) is 34.9 Å². The summed E-state index contributed by atoms with van der Waals surface area (Å²) in [5.41, 5.74) is 9.58. The van der Waals surface area contributed by atoms with Crippen molar-refractivity contribution in [3.05, 3.63) is 65.7 Å². The number of rotatable bonds is 5. The van der Waals surface area contributed by atoms with Crippen molar-refractivity contribution < 1.29 is 9.18 Å². The molecule has 7 heteroatoms. The van der Waals surface area contributed by atoms with E-state index in [9.17, 15) is 9.18 Å². The zero-order valence-corrected chi connectivity index (χ0v) is 15.6. The summed E-state index contributed by atoms with van der Waals surface area (Å²) < 4.78 is 15.5. The van der Waals surface area contributed by atoms with Gasteiger partial charge >= 0.3 is 0 Å². The molecule has 1 aliphatic rings. The summed E-state index contributed by atoms with van der Waals surface area (Å²) in [4.78, 5) is 17.8. The van der Waals surface area contributed by atoms with Crippen LogP contribution < -0.4 is 11.1 Å². The first-order chi connectivity index (χ1) is 13.5. The Bertz CT molecular complexity index is 981. The minimum absolute atomic E-state index is 0.288. The van der Waals surface area contributed by atoms with Crippen molar-refractivity contribution >= 4 is 17.8 Å². The predicted molar refractivity (Wildman–Crippen MR) is 107 cm³/mol. The van der Waals surface area contributed by atoms with E-state index in [2.05, 4.69) is 9.88 Å². The SMILES string of the molecule is Cc1ccc(Nc2c(-c3ccc(F)cc3)nc3n2CCN(C(N)C=O)C3)cc1. The Balaban J connectivity index is 1.76. The summed E-state index contributed by atoms with van der Waals surface area (Å²) >= 11 is 0. The first-order valence-corrected chi connectivity index (χ1v) is 9.19. The molecule has 144 valence electrons. The molecule has 2 heterocycles. The molecular formula is C21H22FN5O. The van der Waals surface area contributed by atoms with Crippen LogP contribution >= 0.6 is 0 Å². The van der Waals surface area contributed by atoms with Gasteiger partial charge in [-0.05, 0) is 43.3 Å². The molecule has 0 spiro atoms. The van der Waals surface area contributed by atoms with Crippen LogP contribution in [-0.4, -0.2) is 33.4 Å². The maximum atomic E-state index is 13.4. The van der Waals surface area contributed by atoms with Crippen molar-refractivity contribution in [1.82, 2.24) is 14.5 Å². The van der Waals surface area contributed by atoms with Gasteiger partial charge in [-0.2, -0.15) is 0 Å². The number of nitrogens with zero attached hydrogens (tertiary/aromatic N) is 3. The second-order valence-corrected chi connectivity index (χ2v) is 6.97. The third-order valence-corrected chi connectivity index (χ3v) is 5.00. The van der Waals surface area contributed by atoms with Gasteiger partial charge < -0.3 is 20.4 Å². The maximum Gasteiger partial charge on any atom is 0.151 e. The molecule has 2 aromatic carbocycles. The van der Waals surface area contributed by atoms with Gasteiger partial charge in [0.05, 0.1) is 6.54 Å². The number of hydrogen-bond acceptors (Lipinski definition) is 5. The number of benzene rings is 2. The predicted octanol–water partition coefficient (Wildman–Crippen LogP) is 3.04. The number of nitrogens with one attached hydrogen (secondary N) is 1. The average molecular weight is 379 g/mol. The van der Waals surface area contributed by atoms with Gasteiger partial charge in [-0.1, -0.05) is 17.7 Å². The van der Waals surface area contributed by atoms with Gasteiger partial charge in [0.15, 0.2) is 6.29 Å². The molecule has 3 aromatic rings. The van der Waals surface area contributed by atoms with Crippen LogP contribution in [0.2, 0.25) is 0 Å². The van der Waals surface area contributed by atoms with Crippen molar-refractivity contribution in [1.29, 1.82) is 0 Å². The van der Waals surface area contributed by atoms with Crippen LogP contribution in [0.3, 0.4) is 0 Å². The molecule has 0 saturated carbocycles. The van der Waals surface area contributed by atoms with Crippen LogP contribution in [-0.2, 0) is 17.9 Å². The molecule has 1 atom stereocenters. The molecule has 1 aromatic heterocycles. The van der Waals surface area contributed by atoms with Crippen LogP contribution in [0.1, 0.15) is 11.4 Å². The highest BCUT2D eigenvalue weighted by atomic mass is 19.1. The second kappa shape index (κ2) is 7.53. The Morgan fingerprint density at radius 1 is 1.14 bits per heavy atom. The molecule has 4 rings (SSSR count). The van der Waals surface area contributed by atoms with Crippen molar-refractivity contribution in [3.63, 3.8) is 0 Å². The summed E-state index contributed by atoms with van der Waals surface area (Å²) in [6.07, 6.45) is 0.0959. The Kier molecular flexibility index (Phi) is 4.93. The Labute approximate surface area is 162 Å². The van der Waals surface area contributed by atoms with Crippen molar-refractivity contribution in [2.24, 2.45) is 5.73 Å². The molecule has 0 bridgehead atoms. The summed E-state index contributed by atoms with van der Waals surface area (Å²) in [6.45, 7) is 3.82. The number of imidazole rings is 1. The van der Waals surface area contributed by atoms with Crippen LogP contribution in [0.25, 0.3) is 11.3 Å². The van der Waals surface area contributed by atoms with Gasteiger partial charge in [0.1, 0.15) is 29.3 Å². The zero-order chi connectivity index (χ0) is 19.7. The highest BCUT2D eigenvalue weighted by Crippen LogP contribution is 2.33. The van der Waals surface area contributed by atoms with Crippen molar-refractivity contribution in [2.45, 2.75) is 26.2 Å². The molecule has 6 nitrogen and oxygen atoms in total. The fraction of sp³-hybridized carbons (Fsp3) is 0.238. The number of carbonyl (C=O) groups excluding carboxylic acids is 1. The van der Waals surface area contributed by atoms with Crippen molar-refractivity contribution in [2.75, 3.05) is 11.9 Å². The van der Waals surface area contributed by atoms with Gasteiger partial charge in [0.2, 0.25) is 0 Å². The Hall–Kier alpha value is -3.03. The largest absolute Gasteiger partial charge is 0.340 e. The molecule has 1 aliphatic heterocycles. The Morgan fingerprint density at radius 2 is 1.86 bits per heavy atom. The molecule has 28 heavy (non-hydrogen) atoms. The quantitative estimate of drug-likeness (QED) is 0.667. The van der Waals surface area contributed by atoms with Gasteiger partial charge in [0, 0.05) is 24.3 Å². The highest BCUT2D eigenvalue weighted by Gasteiger charge is 2.26. The number of anilines is 2. The smallest absolute Gasteiger partial charge is 0.151 e. The van der Waals surface area contributed by atoms with Crippen LogP contribution in [0.5, 0.6) is 0 Å². The fourth-order valence-corrected chi connectivity index (χ4v) is 3.40. The van der Waals surface area contributed by atoms with Crippen molar-refractivity contribution in [3.8, 4) is 11.3 Å². The second-order valence-electron chi connectivity index (χ2n) is 6.97. The molecule has 0 fully saturated rings. The average Bonchev–Trinajstić information content (AvgIpc) is 3.07. The molecule has 0 amide bonds. The summed E-state index contributed by atoms with van der Waals surface area (Å²) in [7, 11) is 0. The highest BCUT2D eigenvalue weighted by molar-refractivity contribution is 5.76. The Morgan fingerprint density at radius 3 is 2.54 bits per heavy atom. The number of nitrogens with two attached hydrogens (primary N) is 1. The third-order valence-electron chi connectivity index (χ3n) is 5.00. The summed E-state index contributed by atoms with van der Waals surface area (Å²) in [6, 6.07) is 14.4. The molecule has 0 aliphatic carbocycles. The van der Waals surface area contributed by atoms with Crippen LogP contribution in [0.15, 0.2) is 48.5 Å². The van der Waals surface area contributed by atoms with Gasteiger partial charge in [-0.15, -0.1) is 0 Å². The van der Waals surface area contributed by atoms with E-state index in [4.69, 9.17) is 10.7 Å². The van der Waals surface area contributed by atoms with Crippen LogP contribution in [0, 0.1) is 12.7 Å². The minimum atomic E-state index is -0.645. The third kappa shape index (κ3) is 3.54. The first kappa shape index (κ1) is 18.3. The van der Waals surface area contributed by atoms with Crippen LogP contribution in [0.4, 0.5) is 15.9 Å². The van der Waals surface area contributed by atoms with E-state index in [-0.39, 0.29) is 5.82 Å². The molecule has 3 N–H and O–H groups in total. The number of hydrogen-bond donors (Lipinski definition) is 2. The van der Waals surface area contributed by atoms with E-state index in [0.29, 0.717) is 19.6 Å². The molecule has 0 radical (unpaired) electrons. The number of aromatic nitrogens is 2. The number of aryl methyl sites for hydroxylation is 1. The number of halogens is 1. The van der Waals surface area contributed by atoms with E-state index < -0.39 is 6.17 Å². The number of aldehydes is 1. The lowest BCUT2D eigenvalue weighted by atomic mass is 10.1. The minimum Gasteiger partial charge on any atom is -0.340 e. The first-order valence-electron chi connectivity index (χ1n) is 9.19. The number of carbonyl (C=O) groups is 1. The molecule has 0 saturated heterocycles. The topological polar surface area (TPSA) is 76.2 Å². The summed E-state index contributed by atoms with van der Waals surface area (Å²) in [5.74, 6) is 1.38. The van der Waals surface area contributed by atoms with Gasteiger partial charge in [-0.25, -0.2) is 9.37 Å². The monoisotopic (exact) mass is 379 g/mol. The lowest BCUT2D eigenvalue weighted by Crippen LogP contribution is -2.47. The standard InChI is InChI=1S/C21H22FN5O/c1-14-2-8-17(9-3-14)24-21-20(15-4-6-16(22)7-5-15)25-19-12-26(18(23)13-28)10-11-27(19)21/h2-9,13,18,24H,10-12,23H2,1H3. The summed E-state index contributed by atoms with van der Waals surface area (Å²) in [5, 5.41) is 3.47. The van der Waals surface area contributed by atoms with E-state index in [1.54, 1.807) is 12.1 Å². The maximum absolute atomic E-state index is 13.4. The fourth-order valence-electron chi connectivity index (χ4n) is 3.40. The molecule has 1 unspecified atom stereocenters.